The molecular weight excluding hydrogens is 1090 g/mol. The van der Waals surface area contributed by atoms with Gasteiger partial charge in [-0.1, -0.05) is 121 Å². The summed E-state index contributed by atoms with van der Waals surface area (Å²) in [5.74, 6) is 0. The average molecular weight is 1130 g/mol. The molecule has 0 radical (unpaired) electrons. The SMILES string of the molecule is [C-]#[N+]c1ccc(-c2cc(-c3cc(C(F)(F)F)cc(C(F)(F)F)c3)ccc2-n2c3ccc(-c4ccccc4C#N)cc3c3cc(-c4ccccc4[N+]#[C-])ccc32)c(-n2c3ccc(-c4ccccc4C#N)cc3c3cc(-c4ccccc4C#N)ccc32)c1. The largest absolute Gasteiger partial charge is 0.416 e. The molecule has 2 heterocycles. The zero-order chi connectivity index (χ0) is 59.6. The molecule has 406 valence electrons. The Morgan fingerprint density at radius 1 is 0.326 bits per heavy atom. The number of fused-ring (bicyclic) bond motifs is 6. The number of nitrogens with zero attached hydrogens (tertiary/aromatic N) is 7. The number of hydrogen-bond acceptors (Lipinski definition) is 3. The molecule has 7 nitrogen and oxygen atoms in total. The number of hydrogen-bond donors (Lipinski definition) is 0. The molecule has 86 heavy (non-hydrogen) atoms. The van der Waals surface area contributed by atoms with E-state index >= 15 is 0 Å². The van der Waals surface area contributed by atoms with E-state index in [9.17, 15) is 42.1 Å². The van der Waals surface area contributed by atoms with Gasteiger partial charge in [0, 0.05) is 38.4 Å². The summed E-state index contributed by atoms with van der Waals surface area (Å²) in [4.78, 5) is 7.68. The fraction of sp³-hybridized carbons (Fsp3) is 0.0274. The van der Waals surface area contributed by atoms with Gasteiger partial charge < -0.3 is 9.13 Å². The molecule has 0 aliphatic heterocycles. The van der Waals surface area contributed by atoms with Gasteiger partial charge in [0.15, 0.2) is 11.4 Å². The first-order valence-electron chi connectivity index (χ1n) is 26.8. The lowest BCUT2D eigenvalue weighted by molar-refractivity contribution is -0.143. The first-order valence-corrected chi connectivity index (χ1v) is 26.8. The summed E-state index contributed by atoms with van der Waals surface area (Å²) in [5.41, 5.74) is 8.57. The lowest BCUT2D eigenvalue weighted by Gasteiger charge is -2.21. The van der Waals surface area contributed by atoms with Gasteiger partial charge >= 0.3 is 12.4 Å². The van der Waals surface area contributed by atoms with Crippen LogP contribution in [-0.4, -0.2) is 9.13 Å². The van der Waals surface area contributed by atoms with Gasteiger partial charge in [0.05, 0.1) is 86.9 Å². The Morgan fingerprint density at radius 2 is 0.721 bits per heavy atom. The molecule has 0 unspecified atom stereocenters. The number of halogens is 6. The Balaban J connectivity index is 1.15. The summed E-state index contributed by atoms with van der Waals surface area (Å²) < 4.78 is 92.2. The van der Waals surface area contributed by atoms with Crippen molar-refractivity contribution < 1.29 is 26.3 Å². The Bertz CT molecular complexity index is 4980. The molecule has 0 fully saturated rings. The summed E-state index contributed by atoms with van der Waals surface area (Å²) in [6, 6.07) is 70.2. The minimum absolute atomic E-state index is 0.0265. The predicted molar refractivity (Wildman–Crippen MR) is 324 cm³/mol. The molecule has 2 aromatic heterocycles. The third kappa shape index (κ3) is 9.09. The van der Waals surface area contributed by atoms with E-state index in [-0.39, 0.29) is 22.9 Å². The third-order valence-electron chi connectivity index (χ3n) is 15.7. The molecule has 0 aliphatic carbocycles. The van der Waals surface area contributed by atoms with Crippen molar-refractivity contribution in [3.63, 3.8) is 0 Å². The maximum atomic E-state index is 14.7. The fourth-order valence-corrected chi connectivity index (χ4v) is 11.8. The molecule has 13 rings (SSSR count). The second kappa shape index (κ2) is 20.8. The van der Waals surface area contributed by atoms with Crippen LogP contribution in [-0.2, 0) is 12.4 Å². The molecule has 0 saturated heterocycles. The van der Waals surface area contributed by atoms with Crippen LogP contribution in [0.3, 0.4) is 0 Å². The van der Waals surface area contributed by atoms with Crippen LogP contribution in [0.5, 0.6) is 0 Å². The number of aromatic nitrogens is 2. The first kappa shape index (κ1) is 53.4. The molecule has 13 heteroatoms. The van der Waals surface area contributed by atoms with Gasteiger partial charge in [0.2, 0.25) is 0 Å². The maximum absolute atomic E-state index is 14.7. The molecule has 0 aliphatic rings. The normalized spacial score (nSPS) is 11.5. The Kier molecular flexibility index (Phi) is 12.9. The van der Waals surface area contributed by atoms with E-state index in [4.69, 9.17) is 13.1 Å². The molecule has 0 atom stereocenters. The van der Waals surface area contributed by atoms with E-state index in [0.717, 1.165) is 43.8 Å². The van der Waals surface area contributed by atoms with Crippen LogP contribution in [0.15, 0.2) is 224 Å². The zero-order valence-electron chi connectivity index (χ0n) is 44.8. The summed E-state index contributed by atoms with van der Waals surface area (Å²) in [7, 11) is 0. The monoisotopic (exact) mass is 1130 g/mol. The summed E-state index contributed by atoms with van der Waals surface area (Å²) >= 11 is 0. The quantitative estimate of drug-likeness (QED) is 0.112. The second-order valence-corrected chi connectivity index (χ2v) is 20.5. The highest BCUT2D eigenvalue weighted by atomic mass is 19.4. The maximum Gasteiger partial charge on any atom is 0.416 e. The summed E-state index contributed by atoms with van der Waals surface area (Å²) in [5, 5.41) is 33.7. The molecule has 0 bridgehead atoms. The number of alkyl halides is 6. The number of nitriles is 3. The lowest BCUT2D eigenvalue weighted by atomic mass is 9.93. The molecule has 0 N–H and O–H groups in total. The number of rotatable bonds is 8. The smallest absolute Gasteiger partial charge is 0.310 e. The fourth-order valence-electron chi connectivity index (χ4n) is 11.8. The van der Waals surface area contributed by atoms with Crippen molar-refractivity contribution in [2.75, 3.05) is 0 Å². The topological polar surface area (TPSA) is 89.9 Å². The Morgan fingerprint density at radius 3 is 1.14 bits per heavy atom. The van der Waals surface area contributed by atoms with Crippen molar-refractivity contribution in [3.05, 3.63) is 275 Å². The highest BCUT2D eigenvalue weighted by Crippen LogP contribution is 2.48. The Labute approximate surface area is 487 Å². The predicted octanol–water partition coefficient (Wildman–Crippen LogP) is 20.6. The second-order valence-electron chi connectivity index (χ2n) is 20.5. The highest BCUT2D eigenvalue weighted by Gasteiger charge is 2.37. The van der Waals surface area contributed by atoms with Gasteiger partial charge in [-0.15, -0.1) is 0 Å². The van der Waals surface area contributed by atoms with Crippen LogP contribution in [0.2, 0.25) is 0 Å². The minimum atomic E-state index is -5.14. The van der Waals surface area contributed by atoms with E-state index in [2.05, 4.69) is 27.9 Å². The van der Waals surface area contributed by atoms with Crippen molar-refractivity contribution >= 4 is 55.0 Å². The number of benzene rings is 11. The van der Waals surface area contributed by atoms with Crippen LogP contribution in [0.4, 0.5) is 37.7 Å². The van der Waals surface area contributed by atoms with Gasteiger partial charge in [-0.05, 0) is 159 Å². The van der Waals surface area contributed by atoms with Crippen LogP contribution in [0.1, 0.15) is 27.8 Å². The van der Waals surface area contributed by atoms with E-state index in [1.54, 1.807) is 78.9 Å². The van der Waals surface area contributed by atoms with Gasteiger partial charge in [0.25, 0.3) is 0 Å². The lowest BCUT2D eigenvalue weighted by Crippen LogP contribution is -2.11. The van der Waals surface area contributed by atoms with Crippen LogP contribution in [0, 0.1) is 47.1 Å². The van der Waals surface area contributed by atoms with Gasteiger partial charge in [-0.3, -0.25) is 0 Å². The standard InChI is InChI=1S/C73H37F6N7/c1-83-54-24-25-59(71(39-54)86-69-28-21-45(56-15-7-4-12-49(56)41-81)35-62(69)63-36-46(22-29-70(63)86)57-16-8-5-13-50(57)42-82)60-33-43(51-31-52(72(74,75)76)38-53(32-51)73(77,78)79)19-26-66(60)85-67-27-20-44(55-14-6-3-11-48(55)40-80)34-61(67)64-37-47(23-30-68(64)85)58-17-9-10-18-65(58)84-2/h3-39H. The van der Waals surface area contributed by atoms with E-state index in [0.29, 0.717) is 101 Å². The van der Waals surface area contributed by atoms with Crippen molar-refractivity contribution in [2.24, 2.45) is 0 Å². The zero-order valence-corrected chi connectivity index (χ0v) is 44.8. The number of para-hydroxylation sites is 1. The van der Waals surface area contributed by atoms with Crippen LogP contribution in [0.25, 0.3) is 131 Å². The van der Waals surface area contributed by atoms with E-state index in [1.165, 1.54) is 6.07 Å². The van der Waals surface area contributed by atoms with Crippen molar-refractivity contribution in [3.8, 4) is 96.3 Å². The highest BCUT2D eigenvalue weighted by molar-refractivity contribution is 6.14. The van der Waals surface area contributed by atoms with Crippen molar-refractivity contribution in [2.45, 2.75) is 12.4 Å². The molecule has 11 aromatic carbocycles. The minimum Gasteiger partial charge on any atom is -0.310 e. The van der Waals surface area contributed by atoms with Crippen LogP contribution >= 0.6 is 0 Å². The van der Waals surface area contributed by atoms with Gasteiger partial charge in [0.1, 0.15) is 0 Å². The van der Waals surface area contributed by atoms with E-state index in [1.807, 2.05) is 130 Å². The molecule has 0 saturated carbocycles. The van der Waals surface area contributed by atoms with Crippen molar-refractivity contribution in [1.82, 2.24) is 9.13 Å². The van der Waals surface area contributed by atoms with Crippen LogP contribution < -0.4 is 0 Å². The molecule has 0 amide bonds. The first-order chi connectivity index (χ1) is 41.7. The molecular formula is C73H37F6N7. The van der Waals surface area contributed by atoms with Gasteiger partial charge in [-0.25, -0.2) is 9.69 Å². The summed E-state index contributed by atoms with van der Waals surface area (Å²) in [6.07, 6.45) is -10.3. The average Bonchev–Trinajstić information content (AvgIpc) is 1.73. The molecule has 0 spiro atoms. The van der Waals surface area contributed by atoms with Crippen molar-refractivity contribution in [1.29, 1.82) is 15.8 Å². The summed E-state index contributed by atoms with van der Waals surface area (Å²) in [6.45, 7) is 16.4. The Hall–Kier alpha value is -12.0. The van der Waals surface area contributed by atoms with Gasteiger partial charge in [-0.2, -0.15) is 42.1 Å². The molecule has 13 aromatic rings. The third-order valence-corrected chi connectivity index (χ3v) is 15.7. The van der Waals surface area contributed by atoms with E-state index < -0.39 is 23.5 Å².